The number of anilines is 1. The van der Waals surface area contributed by atoms with Crippen LogP contribution in [0.25, 0.3) is 0 Å². The normalized spacial score (nSPS) is 20.8. The average molecular weight is 237 g/mol. The highest BCUT2D eigenvalue weighted by Crippen LogP contribution is 2.54. The first-order chi connectivity index (χ1) is 7.88. The van der Waals surface area contributed by atoms with E-state index in [4.69, 9.17) is 0 Å². The van der Waals surface area contributed by atoms with Crippen LogP contribution in [0.2, 0.25) is 0 Å². The molecule has 94 valence electrons. The van der Waals surface area contributed by atoms with Crippen LogP contribution in [-0.2, 0) is 0 Å². The summed E-state index contributed by atoms with van der Waals surface area (Å²) in [6, 6.07) is 4.88. The zero-order valence-electron chi connectivity index (χ0n) is 10.7. The van der Waals surface area contributed by atoms with Crippen molar-refractivity contribution < 1.29 is 9.50 Å². The summed E-state index contributed by atoms with van der Waals surface area (Å²) in [5, 5.41) is 12.9. The number of aliphatic hydroxyl groups excluding tert-OH is 1. The van der Waals surface area contributed by atoms with Crippen LogP contribution >= 0.6 is 0 Å². The van der Waals surface area contributed by atoms with Gasteiger partial charge in [0.15, 0.2) is 0 Å². The SMILES string of the molecule is Cc1cc(F)cc(NC(C)(CO)C2(C)CC2)c1. The molecule has 1 unspecified atom stereocenters. The molecule has 1 saturated carbocycles. The van der Waals surface area contributed by atoms with E-state index >= 15 is 0 Å². The summed E-state index contributed by atoms with van der Waals surface area (Å²) in [6.07, 6.45) is 2.21. The third-order valence-electron chi connectivity index (χ3n) is 4.11. The van der Waals surface area contributed by atoms with Crippen molar-refractivity contribution in [3.8, 4) is 0 Å². The number of nitrogens with one attached hydrogen (secondary N) is 1. The molecule has 2 rings (SSSR count). The number of aryl methyl sites for hydroxylation is 1. The van der Waals surface area contributed by atoms with E-state index in [1.165, 1.54) is 12.1 Å². The third-order valence-corrected chi connectivity index (χ3v) is 4.11. The quantitative estimate of drug-likeness (QED) is 0.843. The molecule has 0 radical (unpaired) electrons. The highest BCUT2D eigenvalue weighted by Gasteiger charge is 2.52. The molecule has 2 N–H and O–H groups in total. The molecule has 1 fully saturated rings. The van der Waals surface area contributed by atoms with E-state index in [0.29, 0.717) is 0 Å². The lowest BCUT2D eigenvalue weighted by atomic mass is 9.84. The van der Waals surface area contributed by atoms with Crippen LogP contribution in [0.5, 0.6) is 0 Å². The van der Waals surface area contributed by atoms with Crippen molar-refractivity contribution in [2.24, 2.45) is 5.41 Å². The van der Waals surface area contributed by atoms with Gasteiger partial charge in [-0.05, 0) is 55.9 Å². The Morgan fingerprint density at radius 1 is 1.41 bits per heavy atom. The van der Waals surface area contributed by atoms with E-state index in [2.05, 4.69) is 12.2 Å². The molecule has 0 aromatic heterocycles. The van der Waals surface area contributed by atoms with Crippen molar-refractivity contribution in [3.05, 3.63) is 29.6 Å². The van der Waals surface area contributed by atoms with Gasteiger partial charge in [0, 0.05) is 5.69 Å². The summed E-state index contributed by atoms with van der Waals surface area (Å²) in [4.78, 5) is 0. The van der Waals surface area contributed by atoms with Gasteiger partial charge in [-0.3, -0.25) is 0 Å². The van der Waals surface area contributed by atoms with Crippen LogP contribution in [-0.4, -0.2) is 17.3 Å². The van der Waals surface area contributed by atoms with Crippen LogP contribution in [0, 0.1) is 18.2 Å². The Bertz CT molecular complexity index is 408. The highest BCUT2D eigenvalue weighted by molar-refractivity contribution is 5.49. The summed E-state index contributed by atoms with van der Waals surface area (Å²) in [6.45, 7) is 6.07. The van der Waals surface area contributed by atoms with Gasteiger partial charge < -0.3 is 10.4 Å². The number of aliphatic hydroxyl groups is 1. The molecule has 2 nitrogen and oxygen atoms in total. The van der Waals surface area contributed by atoms with Gasteiger partial charge in [-0.1, -0.05) is 6.92 Å². The number of hydrogen-bond donors (Lipinski definition) is 2. The summed E-state index contributed by atoms with van der Waals surface area (Å²) in [5.74, 6) is -0.242. The first-order valence-corrected chi connectivity index (χ1v) is 6.05. The molecule has 0 bridgehead atoms. The van der Waals surface area contributed by atoms with Crippen LogP contribution < -0.4 is 5.32 Å². The van der Waals surface area contributed by atoms with E-state index in [1.54, 1.807) is 0 Å². The fourth-order valence-electron chi connectivity index (χ4n) is 2.25. The minimum absolute atomic E-state index is 0.0546. The van der Waals surface area contributed by atoms with Crippen LogP contribution in [0.1, 0.15) is 32.3 Å². The lowest BCUT2D eigenvalue weighted by molar-refractivity contribution is 0.167. The van der Waals surface area contributed by atoms with Crippen molar-refractivity contribution >= 4 is 5.69 Å². The second-order valence-electron chi connectivity index (χ2n) is 5.69. The number of hydrogen-bond acceptors (Lipinski definition) is 2. The Morgan fingerprint density at radius 2 is 2.06 bits per heavy atom. The first-order valence-electron chi connectivity index (χ1n) is 6.05. The predicted molar refractivity (Wildman–Crippen MR) is 67.6 cm³/mol. The topological polar surface area (TPSA) is 32.3 Å². The maximum Gasteiger partial charge on any atom is 0.125 e. The maximum atomic E-state index is 13.3. The Balaban J connectivity index is 2.24. The molecule has 1 aliphatic rings. The van der Waals surface area contributed by atoms with Gasteiger partial charge in [0.25, 0.3) is 0 Å². The van der Waals surface area contributed by atoms with Crippen molar-refractivity contribution in [3.63, 3.8) is 0 Å². The zero-order valence-corrected chi connectivity index (χ0v) is 10.7. The van der Waals surface area contributed by atoms with Gasteiger partial charge in [0.1, 0.15) is 5.82 Å². The number of rotatable bonds is 4. The number of halogens is 1. The molecule has 0 amide bonds. The van der Waals surface area contributed by atoms with Crippen molar-refractivity contribution in [1.29, 1.82) is 0 Å². The fraction of sp³-hybridized carbons (Fsp3) is 0.571. The number of benzene rings is 1. The molecule has 1 atom stereocenters. The Hall–Kier alpha value is -1.09. The van der Waals surface area contributed by atoms with Crippen LogP contribution in [0.3, 0.4) is 0 Å². The maximum absolute atomic E-state index is 13.3. The molecule has 0 aliphatic heterocycles. The molecule has 17 heavy (non-hydrogen) atoms. The van der Waals surface area contributed by atoms with Gasteiger partial charge in [-0.25, -0.2) is 4.39 Å². The molecule has 0 saturated heterocycles. The monoisotopic (exact) mass is 237 g/mol. The standard InChI is InChI=1S/C14H20FNO/c1-10-6-11(15)8-12(7-10)16-14(3,9-17)13(2)4-5-13/h6-8,16-17H,4-5,9H2,1-3H3. The van der Waals surface area contributed by atoms with Gasteiger partial charge in [-0.2, -0.15) is 0 Å². The minimum Gasteiger partial charge on any atom is -0.394 e. The summed E-state index contributed by atoms with van der Waals surface area (Å²) >= 11 is 0. The zero-order chi connectivity index (χ0) is 12.7. The molecular weight excluding hydrogens is 217 g/mol. The second kappa shape index (κ2) is 3.98. The molecule has 3 heteroatoms. The van der Waals surface area contributed by atoms with E-state index < -0.39 is 0 Å². The van der Waals surface area contributed by atoms with Gasteiger partial charge in [-0.15, -0.1) is 0 Å². The molecule has 0 spiro atoms. The van der Waals surface area contributed by atoms with Crippen LogP contribution in [0.4, 0.5) is 10.1 Å². The minimum atomic E-state index is -0.382. The molecule has 1 aromatic carbocycles. The van der Waals surface area contributed by atoms with Gasteiger partial charge in [0.05, 0.1) is 12.1 Å². The van der Waals surface area contributed by atoms with Gasteiger partial charge in [0.2, 0.25) is 0 Å². The largest absolute Gasteiger partial charge is 0.394 e. The van der Waals surface area contributed by atoms with E-state index in [0.717, 1.165) is 24.1 Å². The van der Waals surface area contributed by atoms with Crippen molar-refractivity contribution in [2.75, 3.05) is 11.9 Å². The lowest BCUT2D eigenvalue weighted by Crippen LogP contribution is -2.46. The molecule has 1 aliphatic carbocycles. The van der Waals surface area contributed by atoms with E-state index in [-0.39, 0.29) is 23.4 Å². The Labute approximate surface area is 102 Å². The summed E-state index contributed by atoms with van der Waals surface area (Å²) in [5.41, 5.74) is 1.36. The Morgan fingerprint density at radius 3 is 2.53 bits per heavy atom. The van der Waals surface area contributed by atoms with E-state index in [9.17, 15) is 9.50 Å². The van der Waals surface area contributed by atoms with Crippen LogP contribution in [0.15, 0.2) is 18.2 Å². The fourth-order valence-corrected chi connectivity index (χ4v) is 2.25. The highest BCUT2D eigenvalue weighted by atomic mass is 19.1. The smallest absolute Gasteiger partial charge is 0.125 e. The lowest BCUT2D eigenvalue weighted by Gasteiger charge is -2.36. The summed E-state index contributed by atoms with van der Waals surface area (Å²) < 4.78 is 13.3. The first kappa shape index (κ1) is 12.4. The van der Waals surface area contributed by atoms with Crippen molar-refractivity contribution in [2.45, 2.75) is 39.2 Å². The second-order valence-corrected chi connectivity index (χ2v) is 5.69. The van der Waals surface area contributed by atoms with E-state index in [1.807, 2.05) is 19.9 Å². The van der Waals surface area contributed by atoms with Crippen molar-refractivity contribution in [1.82, 2.24) is 0 Å². The molecule has 1 aromatic rings. The molecule has 0 heterocycles. The third kappa shape index (κ3) is 2.29. The Kier molecular flexibility index (Phi) is 2.90. The average Bonchev–Trinajstić information content (AvgIpc) is 2.96. The van der Waals surface area contributed by atoms with Gasteiger partial charge >= 0.3 is 0 Å². The molecular formula is C14H20FNO. The predicted octanol–water partition coefficient (Wildman–Crippen LogP) is 3.10. The summed E-state index contributed by atoms with van der Waals surface area (Å²) in [7, 11) is 0.